The number of nitrogens with zero attached hydrogens (tertiary/aromatic N) is 1. The van der Waals surface area contributed by atoms with Crippen molar-refractivity contribution in [3.05, 3.63) is 0 Å². The Morgan fingerprint density at radius 3 is 2.92 bits per heavy atom. The second-order valence-electron chi connectivity index (χ2n) is 4.32. The van der Waals surface area contributed by atoms with Crippen LogP contribution in [-0.4, -0.2) is 37.1 Å². The van der Waals surface area contributed by atoms with Gasteiger partial charge in [-0.25, -0.2) is 0 Å². The lowest BCUT2D eigenvalue weighted by Crippen LogP contribution is -2.33. The molecular formula is C10H20N2. The monoisotopic (exact) mass is 168 g/mol. The van der Waals surface area contributed by atoms with Gasteiger partial charge in [0.25, 0.3) is 0 Å². The van der Waals surface area contributed by atoms with E-state index in [4.69, 9.17) is 0 Å². The minimum Gasteiger partial charge on any atom is -0.316 e. The van der Waals surface area contributed by atoms with E-state index in [-0.39, 0.29) is 0 Å². The van der Waals surface area contributed by atoms with Crippen molar-refractivity contribution in [2.24, 2.45) is 11.8 Å². The fraction of sp³-hybridized carbons (Fsp3) is 1.00. The zero-order valence-electron chi connectivity index (χ0n) is 8.21. The van der Waals surface area contributed by atoms with E-state index < -0.39 is 0 Å². The molecule has 2 fully saturated rings. The van der Waals surface area contributed by atoms with Crippen LogP contribution in [-0.2, 0) is 0 Å². The molecule has 0 saturated carbocycles. The van der Waals surface area contributed by atoms with Crippen LogP contribution in [0.15, 0.2) is 0 Å². The van der Waals surface area contributed by atoms with E-state index in [2.05, 4.69) is 24.1 Å². The Kier molecular flexibility index (Phi) is 2.37. The van der Waals surface area contributed by atoms with Gasteiger partial charge in [0.1, 0.15) is 0 Å². The molecule has 2 heteroatoms. The Balaban J connectivity index is 1.96. The van der Waals surface area contributed by atoms with Crippen LogP contribution in [0.25, 0.3) is 0 Å². The molecule has 2 aliphatic heterocycles. The summed E-state index contributed by atoms with van der Waals surface area (Å²) >= 11 is 0. The van der Waals surface area contributed by atoms with Gasteiger partial charge in [0.2, 0.25) is 0 Å². The zero-order chi connectivity index (χ0) is 8.55. The van der Waals surface area contributed by atoms with Gasteiger partial charge >= 0.3 is 0 Å². The lowest BCUT2D eigenvalue weighted by molar-refractivity contribution is 0.240. The molecule has 0 spiro atoms. The number of nitrogens with one attached hydrogen (secondary N) is 1. The summed E-state index contributed by atoms with van der Waals surface area (Å²) in [6.07, 6.45) is 1.30. The van der Waals surface area contributed by atoms with E-state index in [9.17, 15) is 0 Å². The molecule has 2 saturated heterocycles. The minimum atomic E-state index is 0.824. The maximum atomic E-state index is 3.49. The van der Waals surface area contributed by atoms with Gasteiger partial charge in [-0.2, -0.15) is 0 Å². The van der Waals surface area contributed by atoms with Gasteiger partial charge in [0.15, 0.2) is 0 Å². The van der Waals surface area contributed by atoms with Crippen LogP contribution in [0, 0.1) is 11.8 Å². The van der Waals surface area contributed by atoms with Gasteiger partial charge in [-0.1, -0.05) is 6.92 Å². The summed E-state index contributed by atoms with van der Waals surface area (Å²) in [5.41, 5.74) is 0. The van der Waals surface area contributed by atoms with Crippen LogP contribution < -0.4 is 5.32 Å². The molecule has 0 aromatic heterocycles. The van der Waals surface area contributed by atoms with Gasteiger partial charge in [0, 0.05) is 12.6 Å². The van der Waals surface area contributed by atoms with Crippen LogP contribution in [0.2, 0.25) is 0 Å². The molecule has 2 heterocycles. The smallest absolute Gasteiger partial charge is 0.0111 e. The highest BCUT2D eigenvalue weighted by Gasteiger charge is 2.40. The highest BCUT2D eigenvalue weighted by molar-refractivity contribution is 4.96. The quantitative estimate of drug-likeness (QED) is 0.660. The third-order valence-corrected chi connectivity index (χ3v) is 3.57. The van der Waals surface area contributed by atoms with E-state index in [1.165, 1.54) is 32.6 Å². The van der Waals surface area contributed by atoms with Crippen LogP contribution in [0.1, 0.15) is 20.3 Å². The number of fused-ring (bicyclic) bond motifs is 1. The number of hydrogen-bond donors (Lipinski definition) is 1. The number of likely N-dealkylation sites (tertiary alicyclic amines) is 1. The predicted octanol–water partition coefficient (Wildman–Crippen LogP) is 0.936. The fourth-order valence-electron chi connectivity index (χ4n) is 2.84. The van der Waals surface area contributed by atoms with E-state index in [0.717, 1.165) is 17.9 Å². The van der Waals surface area contributed by atoms with Crippen molar-refractivity contribution >= 4 is 0 Å². The summed E-state index contributed by atoms with van der Waals surface area (Å²) in [6.45, 7) is 9.83. The van der Waals surface area contributed by atoms with E-state index in [1.54, 1.807) is 0 Å². The standard InChI is InChI=1S/C10H20N2/c1-3-4-12-7-9-5-11-6-10(9)8(12)2/h8-11H,3-7H2,1-2H3. The van der Waals surface area contributed by atoms with Crippen molar-refractivity contribution < 1.29 is 0 Å². The third-order valence-electron chi connectivity index (χ3n) is 3.57. The molecule has 2 nitrogen and oxygen atoms in total. The van der Waals surface area contributed by atoms with Gasteiger partial charge in [-0.05, 0) is 44.8 Å². The SMILES string of the molecule is CCCN1CC2CNCC2C1C. The molecule has 70 valence electrons. The van der Waals surface area contributed by atoms with Gasteiger partial charge in [0.05, 0.1) is 0 Å². The van der Waals surface area contributed by atoms with Crippen molar-refractivity contribution in [1.29, 1.82) is 0 Å². The van der Waals surface area contributed by atoms with Crippen LogP contribution >= 0.6 is 0 Å². The van der Waals surface area contributed by atoms with Crippen molar-refractivity contribution in [3.8, 4) is 0 Å². The second-order valence-corrected chi connectivity index (χ2v) is 4.32. The molecule has 0 aromatic rings. The lowest BCUT2D eigenvalue weighted by Gasteiger charge is -2.23. The van der Waals surface area contributed by atoms with E-state index >= 15 is 0 Å². The highest BCUT2D eigenvalue weighted by atomic mass is 15.2. The minimum absolute atomic E-state index is 0.824. The summed E-state index contributed by atoms with van der Waals surface area (Å²) < 4.78 is 0. The first-order chi connectivity index (χ1) is 5.83. The topological polar surface area (TPSA) is 15.3 Å². The average molecular weight is 168 g/mol. The van der Waals surface area contributed by atoms with Crippen LogP contribution in [0.3, 0.4) is 0 Å². The number of rotatable bonds is 2. The van der Waals surface area contributed by atoms with Crippen molar-refractivity contribution in [1.82, 2.24) is 10.2 Å². The van der Waals surface area contributed by atoms with Crippen LogP contribution in [0.5, 0.6) is 0 Å². The molecular weight excluding hydrogens is 148 g/mol. The molecule has 0 bridgehead atoms. The fourth-order valence-corrected chi connectivity index (χ4v) is 2.84. The van der Waals surface area contributed by atoms with Crippen molar-refractivity contribution in [2.45, 2.75) is 26.3 Å². The molecule has 3 unspecified atom stereocenters. The van der Waals surface area contributed by atoms with Gasteiger partial charge in [-0.15, -0.1) is 0 Å². The largest absolute Gasteiger partial charge is 0.316 e. The predicted molar refractivity (Wildman–Crippen MR) is 51.2 cm³/mol. The highest BCUT2D eigenvalue weighted by Crippen LogP contribution is 2.31. The first kappa shape index (κ1) is 8.52. The molecule has 0 aromatic carbocycles. The molecule has 2 aliphatic rings. The summed E-state index contributed by atoms with van der Waals surface area (Å²) in [5.74, 6) is 1.89. The van der Waals surface area contributed by atoms with Gasteiger partial charge in [-0.3, -0.25) is 0 Å². The normalized spacial score (nSPS) is 42.0. The Labute approximate surface area is 75.3 Å². The summed E-state index contributed by atoms with van der Waals surface area (Å²) in [7, 11) is 0. The Morgan fingerprint density at radius 1 is 1.42 bits per heavy atom. The Morgan fingerprint density at radius 2 is 2.25 bits per heavy atom. The van der Waals surface area contributed by atoms with E-state index in [0.29, 0.717) is 0 Å². The van der Waals surface area contributed by atoms with Gasteiger partial charge < -0.3 is 10.2 Å². The molecule has 0 radical (unpaired) electrons. The molecule has 3 atom stereocenters. The first-order valence-electron chi connectivity index (χ1n) is 5.27. The lowest BCUT2D eigenvalue weighted by atomic mass is 9.95. The first-order valence-corrected chi connectivity index (χ1v) is 5.27. The maximum absolute atomic E-state index is 3.49. The molecule has 2 rings (SSSR count). The van der Waals surface area contributed by atoms with Crippen molar-refractivity contribution in [2.75, 3.05) is 26.2 Å². The zero-order valence-corrected chi connectivity index (χ0v) is 8.21. The summed E-state index contributed by atoms with van der Waals surface area (Å²) in [5, 5.41) is 3.49. The Hall–Kier alpha value is -0.0800. The average Bonchev–Trinajstić information content (AvgIpc) is 2.58. The molecule has 0 amide bonds. The summed E-state index contributed by atoms with van der Waals surface area (Å²) in [4.78, 5) is 2.66. The third kappa shape index (κ3) is 1.27. The van der Waals surface area contributed by atoms with Crippen LogP contribution in [0.4, 0.5) is 0 Å². The molecule has 0 aliphatic carbocycles. The van der Waals surface area contributed by atoms with Crippen molar-refractivity contribution in [3.63, 3.8) is 0 Å². The maximum Gasteiger partial charge on any atom is 0.0111 e. The molecule has 12 heavy (non-hydrogen) atoms. The number of hydrogen-bond acceptors (Lipinski definition) is 2. The molecule has 1 N–H and O–H groups in total. The van der Waals surface area contributed by atoms with E-state index in [1.807, 2.05) is 0 Å². The summed E-state index contributed by atoms with van der Waals surface area (Å²) in [6, 6.07) is 0.824. The second kappa shape index (κ2) is 3.35. The Bertz CT molecular complexity index is 158.